The Labute approximate surface area is 182 Å². The van der Waals surface area contributed by atoms with Gasteiger partial charge in [0.25, 0.3) is 5.91 Å². The van der Waals surface area contributed by atoms with E-state index in [1.807, 2.05) is 48.1 Å². The summed E-state index contributed by atoms with van der Waals surface area (Å²) in [6, 6.07) is 14.9. The molecule has 5 aromatic rings. The molecule has 0 radical (unpaired) electrons. The fraction of sp³-hybridized carbons (Fsp3) is 0.130. The van der Waals surface area contributed by atoms with Crippen molar-refractivity contribution in [1.29, 1.82) is 0 Å². The average Bonchev–Trinajstić information content (AvgIpc) is 3.49. The normalized spacial score (nSPS) is 11.3. The predicted molar refractivity (Wildman–Crippen MR) is 120 cm³/mol. The summed E-state index contributed by atoms with van der Waals surface area (Å²) in [5.74, 6) is 1.68. The molecule has 3 aromatic heterocycles. The van der Waals surface area contributed by atoms with Crippen molar-refractivity contribution in [3.05, 3.63) is 72.4 Å². The number of methoxy groups -OCH3 is 1. The number of carbonyl (C=O) groups is 1. The molecule has 0 saturated carbocycles. The summed E-state index contributed by atoms with van der Waals surface area (Å²) < 4.78 is 19.1. The molecular weight excluding hydrogens is 414 g/mol. The standard InChI is InChI=1S/C23H19N3O4S/c1-26-10-9-24-23(26)31-13-14-7-8-19(29-14)22(27)25-17-12-20-16(11-21(17)28-2)15-5-3-4-6-18(15)30-20/h3-12H,13H2,1-2H3,(H,25,27). The average molecular weight is 433 g/mol. The van der Waals surface area contributed by atoms with Crippen molar-refractivity contribution in [3.8, 4) is 5.75 Å². The Hall–Kier alpha value is -3.65. The number of hydrogen-bond acceptors (Lipinski definition) is 6. The van der Waals surface area contributed by atoms with Gasteiger partial charge in [-0.1, -0.05) is 30.0 Å². The predicted octanol–water partition coefficient (Wildman–Crippen LogP) is 5.47. The number of anilines is 1. The molecule has 0 atom stereocenters. The zero-order chi connectivity index (χ0) is 21.4. The van der Waals surface area contributed by atoms with Crippen molar-refractivity contribution < 1.29 is 18.4 Å². The molecule has 0 spiro atoms. The number of furan rings is 2. The summed E-state index contributed by atoms with van der Waals surface area (Å²) in [7, 11) is 3.50. The van der Waals surface area contributed by atoms with Crippen molar-refractivity contribution in [2.24, 2.45) is 7.05 Å². The fourth-order valence-electron chi connectivity index (χ4n) is 3.41. The number of aryl methyl sites for hydroxylation is 1. The maximum Gasteiger partial charge on any atom is 0.291 e. The number of nitrogens with zero attached hydrogens (tertiary/aromatic N) is 2. The molecule has 1 amide bonds. The van der Waals surface area contributed by atoms with Gasteiger partial charge in [-0.15, -0.1) is 0 Å². The number of amides is 1. The van der Waals surface area contributed by atoms with Crippen molar-refractivity contribution in [3.63, 3.8) is 0 Å². The second-order valence-electron chi connectivity index (χ2n) is 6.98. The minimum absolute atomic E-state index is 0.224. The highest BCUT2D eigenvalue weighted by atomic mass is 32.2. The summed E-state index contributed by atoms with van der Waals surface area (Å²) in [6.45, 7) is 0. The van der Waals surface area contributed by atoms with Crippen LogP contribution in [0.25, 0.3) is 21.9 Å². The van der Waals surface area contributed by atoms with Crippen LogP contribution in [0.5, 0.6) is 5.75 Å². The van der Waals surface area contributed by atoms with Crippen LogP contribution < -0.4 is 10.1 Å². The number of carbonyl (C=O) groups excluding carboxylic acids is 1. The van der Waals surface area contributed by atoms with Gasteiger partial charge >= 0.3 is 0 Å². The van der Waals surface area contributed by atoms with E-state index < -0.39 is 0 Å². The van der Waals surface area contributed by atoms with E-state index in [4.69, 9.17) is 13.6 Å². The Morgan fingerprint density at radius 1 is 1.13 bits per heavy atom. The highest BCUT2D eigenvalue weighted by molar-refractivity contribution is 7.98. The van der Waals surface area contributed by atoms with Gasteiger partial charge in [0.15, 0.2) is 10.9 Å². The van der Waals surface area contributed by atoms with Gasteiger partial charge in [0.1, 0.15) is 22.7 Å². The Morgan fingerprint density at radius 3 is 2.81 bits per heavy atom. The van der Waals surface area contributed by atoms with E-state index in [9.17, 15) is 4.79 Å². The zero-order valence-electron chi connectivity index (χ0n) is 16.9. The summed E-state index contributed by atoms with van der Waals surface area (Å²) in [4.78, 5) is 17.0. The van der Waals surface area contributed by atoms with Crippen molar-refractivity contribution in [1.82, 2.24) is 9.55 Å². The Balaban J connectivity index is 1.37. The first kappa shape index (κ1) is 19.3. The molecule has 8 heteroatoms. The minimum Gasteiger partial charge on any atom is -0.495 e. The monoisotopic (exact) mass is 433 g/mol. The van der Waals surface area contributed by atoms with Gasteiger partial charge in [0.05, 0.1) is 18.6 Å². The zero-order valence-corrected chi connectivity index (χ0v) is 17.7. The van der Waals surface area contributed by atoms with Gasteiger partial charge in [-0.05, 0) is 24.3 Å². The van der Waals surface area contributed by atoms with E-state index in [0.29, 0.717) is 28.5 Å². The first-order chi connectivity index (χ1) is 15.1. The molecule has 0 unspecified atom stereocenters. The molecule has 0 aliphatic rings. The van der Waals surface area contributed by atoms with E-state index in [1.54, 1.807) is 31.5 Å². The smallest absolute Gasteiger partial charge is 0.291 e. The third-order valence-electron chi connectivity index (χ3n) is 4.95. The Morgan fingerprint density at radius 2 is 2.00 bits per heavy atom. The molecule has 1 N–H and O–H groups in total. The number of rotatable bonds is 6. The van der Waals surface area contributed by atoms with Crippen LogP contribution in [0.4, 0.5) is 5.69 Å². The second kappa shape index (κ2) is 7.88. The van der Waals surface area contributed by atoms with Gasteiger partial charge in [0, 0.05) is 36.3 Å². The van der Waals surface area contributed by atoms with Crippen LogP contribution in [-0.4, -0.2) is 22.6 Å². The molecule has 0 aliphatic carbocycles. The van der Waals surface area contributed by atoms with Crippen LogP contribution in [0.3, 0.4) is 0 Å². The number of aromatic nitrogens is 2. The third kappa shape index (κ3) is 3.66. The minimum atomic E-state index is -0.359. The maximum absolute atomic E-state index is 12.8. The molecule has 0 aliphatic heterocycles. The molecule has 5 rings (SSSR count). The van der Waals surface area contributed by atoms with Crippen LogP contribution in [0.2, 0.25) is 0 Å². The summed E-state index contributed by atoms with van der Waals surface area (Å²) in [5, 5.41) is 5.67. The molecule has 2 aromatic carbocycles. The van der Waals surface area contributed by atoms with Gasteiger partial charge < -0.3 is 23.5 Å². The highest BCUT2D eigenvalue weighted by Crippen LogP contribution is 2.36. The molecule has 0 saturated heterocycles. The first-order valence-corrected chi connectivity index (χ1v) is 10.6. The molecular formula is C23H19N3O4S. The maximum atomic E-state index is 12.8. The number of benzene rings is 2. The lowest BCUT2D eigenvalue weighted by molar-refractivity contribution is 0.0995. The van der Waals surface area contributed by atoms with Crippen molar-refractivity contribution >= 4 is 45.3 Å². The van der Waals surface area contributed by atoms with Crippen molar-refractivity contribution in [2.45, 2.75) is 10.9 Å². The van der Waals surface area contributed by atoms with Gasteiger partial charge in [-0.2, -0.15) is 0 Å². The first-order valence-electron chi connectivity index (χ1n) is 9.62. The Kier molecular flexibility index (Phi) is 4.91. The lowest BCUT2D eigenvalue weighted by atomic mass is 10.1. The highest BCUT2D eigenvalue weighted by Gasteiger charge is 2.17. The summed E-state index contributed by atoms with van der Waals surface area (Å²) in [6.07, 6.45) is 3.63. The number of para-hydroxylation sites is 1. The largest absolute Gasteiger partial charge is 0.495 e. The summed E-state index contributed by atoms with van der Waals surface area (Å²) in [5.41, 5.74) is 1.97. The Bertz CT molecular complexity index is 1400. The number of imidazole rings is 1. The lowest BCUT2D eigenvalue weighted by Gasteiger charge is -2.09. The van der Waals surface area contributed by atoms with Crippen LogP contribution in [0, 0.1) is 0 Å². The summed E-state index contributed by atoms with van der Waals surface area (Å²) >= 11 is 1.54. The van der Waals surface area contributed by atoms with Crippen LogP contribution >= 0.6 is 11.8 Å². The van der Waals surface area contributed by atoms with Gasteiger partial charge in [-0.25, -0.2) is 4.98 Å². The number of ether oxygens (including phenoxy) is 1. The van der Waals surface area contributed by atoms with Gasteiger partial charge in [0.2, 0.25) is 0 Å². The third-order valence-corrected chi connectivity index (χ3v) is 6.03. The number of thioether (sulfide) groups is 1. The second-order valence-corrected chi connectivity index (χ2v) is 7.92. The quantitative estimate of drug-likeness (QED) is 0.358. The fourth-order valence-corrected chi connectivity index (χ4v) is 4.23. The van der Waals surface area contributed by atoms with E-state index in [0.717, 1.165) is 21.5 Å². The number of fused-ring (bicyclic) bond motifs is 3. The van der Waals surface area contributed by atoms with Gasteiger partial charge in [-0.3, -0.25) is 4.79 Å². The van der Waals surface area contributed by atoms with E-state index in [-0.39, 0.29) is 11.7 Å². The molecule has 7 nitrogen and oxygen atoms in total. The number of nitrogens with one attached hydrogen (secondary N) is 1. The van der Waals surface area contributed by atoms with Crippen molar-refractivity contribution in [2.75, 3.05) is 12.4 Å². The van der Waals surface area contributed by atoms with E-state index in [1.165, 1.54) is 11.8 Å². The van der Waals surface area contributed by atoms with Crippen LogP contribution in [0.15, 0.2) is 74.9 Å². The molecule has 3 heterocycles. The van der Waals surface area contributed by atoms with Crippen LogP contribution in [0.1, 0.15) is 16.3 Å². The molecule has 0 bridgehead atoms. The van der Waals surface area contributed by atoms with Crippen LogP contribution in [-0.2, 0) is 12.8 Å². The lowest BCUT2D eigenvalue weighted by Crippen LogP contribution is -2.11. The molecule has 156 valence electrons. The number of hydrogen-bond donors (Lipinski definition) is 1. The molecule has 0 fully saturated rings. The SMILES string of the molecule is COc1cc2c(cc1NC(=O)c1ccc(CSc3nccn3C)o1)oc1ccccc12. The topological polar surface area (TPSA) is 82.4 Å². The van der Waals surface area contributed by atoms with E-state index >= 15 is 0 Å². The molecule has 31 heavy (non-hydrogen) atoms. The van der Waals surface area contributed by atoms with E-state index in [2.05, 4.69) is 10.3 Å².